The first-order valence-electron chi connectivity index (χ1n) is 5.68. The number of aromatic nitrogens is 2. The fourth-order valence-corrected chi connectivity index (χ4v) is 2.18. The Labute approximate surface area is 101 Å². The number of nitrogens with zero attached hydrogens (tertiary/aromatic N) is 3. The largest absolute Gasteiger partial charge is 0.337 e. The van der Waals surface area contributed by atoms with E-state index in [0.717, 1.165) is 18.5 Å². The molecular formula is C11H17ClN4. The summed E-state index contributed by atoms with van der Waals surface area (Å²) in [6.45, 7) is 3.53. The van der Waals surface area contributed by atoms with E-state index in [1.54, 1.807) is 6.20 Å². The number of aryl methyl sites for hydroxylation is 1. The molecule has 1 aliphatic heterocycles. The second-order valence-electron chi connectivity index (χ2n) is 4.22. The van der Waals surface area contributed by atoms with Crippen LogP contribution in [0.15, 0.2) is 6.20 Å². The molecule has 4 nitrogen and oxygen atoms in total. The maximum atomic E-state index is 6.01. The van der Waals surface area contributed by atoms with Crippen LogP contribution < -0.4 is 10.6 Å². The van der Waals surface area contributed by atoms with Crippen molar-refractivity contribution in [1.82, 2.24) is 9.97 Å². The highest BCUT2D eigenvalue weighted by molar-refractivity contribution is 6.30. The number of rotatable bonds is 2. The number of piperidine rings is 1. The second kappa shape index (κ2) is 4.97. The van der Waals surface area contributed by atoms with Gasteiger partial charge in [0.2, 0.25) is 5.95 Å². The van der Waals surface area contributed by atoms with E-state index in [9.17, 15) is 0 Å². The fourth-order valence-electron chi connectivity index (χ4n) is 2.06. The molecule has 1 aliphatic rings. The van der Waals surface area contributed by atoms with Crippen LogP contribution in [-0.4, -0.2) is 29.1 Å². The molecule has 1 fully saturated rings. The van der Waals surface area contributed by atoms with Crippen LogP contribution in [0.4, 0.5) is 5.95 Å². The van der Waals surface area contributed by atoms with Crippen molar-refractivity contribution in [3.05, 3.63) is 16.9 Å². The topological polar surface area (TPSA) is 55.0 Å². The molecule has 2 heterocycles. The Morgan fingerprint density at radius 1 is 1.56 bits per heavy atom. The van der Waals surface area contributed by atoms with E-state index >= 15 is 0 Å². The van der Waals surface area contributed by atoms with Crippen molar-refractivity contribution in [3.8, 4) is 0 Å². The first-order chi connectivity index (χ1) is 7.72. The molecule has 5 heteroatoms. The van der Waals surface area contributed by atoms with Gasteiger partial charge in [0.15, 0.2) is 0 Å². The van der Waals surface area contributed by atoms with E-state index in [1.807, 2.05) is 6.92 Å². The summed E-state index contributed by atoms with van der Waals surface area (Å²) in [6.07, 6.45) is 5.29. The van der Waals surface area contributed by atoms with E-state index in [-0.39, 0.29) is 0 Å². The van der Waals surface area contributed by atoms with Crippen LogP contribution >= 0.6 is 11.6 Å². The quantitative estimate of drug-likeness (QED) is 0.801. The summed E-state index contributed by atoms with van der Waals surface area (Å²) in [5.41, 5.74) is 6.68. The standard InChI is InChI=1S/C11H17ClN4/c1-8-7-14-11(15-10(8)12)16-5-3-2-4-9(16)6-13/h7,9H,2-6,13H2,1H3. The molecule has 1 saturated heterocycles. The van der Waals surface area contributed by atoms with E-state index in [2.05, 4.69) is 14.9 Å². The van der Waals surface area contributed by atoms with Crippen LogP contribution in [0.25, 0.3) is 0 Å². The van der Waals surface area contributed by atoms with Crippen molar-refractivity contribution >= 4 is 17.5 Å². The molecule has 0 aromatic carbocycles. The summed E-state index contributed by atoms with van der Waals surface area (Å²) < 4.78 is 0. The van der Waals surface area contributed by atoms with Gasteiger partial charge in [-0.05, 0) is 26.2 Å². The SMILES string of the molecule is Cc1cnc(N2CCCCC2CN)nc1Cl. The summed E-state index contributed by atoms with van der Waals surface area (Å²) in [5.74, 6) is 0.714. The number of hydrogen-bond acceptors (Lipinski definition) is 4. The monoisotopic (exact) mass is 240 g/mol. The Balaban J connectivity index is 2.23. The van der Waals surface area contributed by atoms with Gasteiger partial charge in [-0.2, -0.15) is 0 Å². The summed E-state index contributed by atoms with van der Waals surface area (Å²) in [7, 11) is 0. The molecule has 2 N–H and O–H groups in total. The minimum atomic E-state index is 0.354. The first kappa shape index (κ1) is 11.6. The maximum absolute atomic E-state index is 6.01. The van der Waals surface area contributed by atoms with Gasteiger partial charge in [0.25, 0.3) is 0 Å². The molecule has 0 radical (unpaired) electrons. The van der Waals surface area contributed by atoms with Crippen molar-refractivity contribution in [2.45, 2.75) is 32.2 Å². The molecule has 0 spiro atoms. The van der Waals surface area contributed by atoms with Crippen LogP contribution in [0, 0.1) is 6.92 Å². The molecular weight excluding hydrogens is 224 g/mol. The predicted molar refractivity (Wildman–Crippen MR) is 65.8 cm³/mol. The molecule has 0 saturated carbocycles. The third kappa shape index (κ3) is 2.28. The summed E-state index contributed by atoms with van der Waals surface area (Å²) in [6, 6.07) is 0.354. The molecule has 0 aliphatic carbocycles. The van der Waals surface area contributed by atoms with Crippen LogP contribution in [0.1, 0.15) is 24.8 Å². The number of anilines is 1. The van der Waals surface area contributed by atoms with Crippen molar-refractivity contribution in [2.75, 3.05) is 18.0 Å². The molecule has 16 heavy (non-hydrogen) atoms. The highest BCUT2D eigenvalue weighted by Crippen LogP contribution is 2.23. The second-order valence-corrected chi connectivity index (χ2v) is 4.58. The van der Waals surface area contributed by atoms with Gasteiger partial charge in [0.1, 0.15) is 5.15 Å². The maximum Gasteiger partial charge on any atom is 0.227 e. The molecule has 1 unspecified atom stereocenters. The third-order valence-electron chi connectivity index (χ3n) is 3.05. The number of hydrogen-bond donors (Lipinski definition) is 1. The summed E-state index contributed by atoms with van der Waals surface area (Å²) in [5, 5.41) is 0.534. The van der Waals surface area contributed by atoms with Crippen LogP contribution in [-0.2, 0) is 0 Å². The summed E-state index contributed by atoms with van der Waals surface area (Å²) in [4.78, 5) is 10.8. The van der Waals surface area contributed by atoms with Crippen molar-refractivity contribution in [1.29, 1.82) is 0 Å². The van der Waals surface area contributed by atoms with Crippen LogP contribution in [0.3, 0.4) is 0 Å². The number of halogens is 1. The lowest BCUT2D eigenvalue weighted by molar-refractivity contribution is 0.458. The molecule has 2 rings (SSSR count). The van der Waals surface area contributed by atoms with Gasteiger partial charge in [-0.15, -0.1) is 0 Å². The van der Waals surface area contributed by atoms with Gasteiger partial charge in [-0.3, -0.25) is 0 Å². The zero-order valence-corrected chi connectivity index (χ0v) is 10.2. The lowest BCUT2D eigenvalue weighted by atomic mass is 10.0. The van der Waals surface area contributed by atoms with E-state index in [0.29, 0.717) is 23.7 Å². The van der Waals surface area contributed by atoms with Gasteiger partial charge in [-0.25, -0.2) is 9.97 Å². The van der Waals surface area contributed by atoms with E-state index < -0.39 is 0 Å². The first-order valence-corrected chi connectivity index (χ1v) is 6.06. The zero-order chi connectivity index (χ0) is 11.5. The minimum Gasteiger partial charge on any atom is -0.337 e. The minimum absolute atomic E-state index is 0.354. The van der Waals surface area contributed by atoms with E-state index in [1.165, 1.54) is 12.8 Å². The Bertz CT molecular complexity index is 369. The average Bonchev–Trinajstić information content (AvgIpc) is 2.32. The van der Waals surface area contributed by atoms with Crippen molar-refractivity contribution < 1.29 is 0 Å². The highest BCUT2D eigenvalue weighted by atomic mass is 35.5. The Morgan fingerprint density at radius 3 is 3.06 bits per heavy atom. The van der Waals surface area contributed by atoms with Gasteiger partial charge < -0.3 is 10.6 Å². The van der Waals surface area contributed by atoms with E-state index in [4.69, 9.17) is 17.3 Å². The lowest BCUT2D eigenvalue weighted by Gasteiger charge is -2.35. The molecule has 0 amide bonds. The number of nitrogens with two attached hydrogens (primary N) is 1. The summed E-state index contributed by atoms with van der Waals surface area (Å²) >= 11 is 6.01. The zero-order valence-electron chi connectivity index (χ0n) is 9.49. The van der Waals surface area contributed by atoms with Crippen LogP contribution in [0.5, 0.6) is 0 Å². The molecule has 0 bridgehead atoms. The smallest absolute Gasteiger partial charge is 0.227 e. The van der Waals surface area contributed by atoms with Crippen molar-refractivity contribution in [2.24, 2.45) is 5.73 Å². The van der Waals surface area contributed by atoms with Gasteiger partial charge in [0.05, 0.1) is 0 Å². The Morgan fingerprint density at radius 2 is 2.38 bits per heavy atom. The molecule has 1 aromatic heterocycles. The predicted octanol–water partition coefficient (Wildman–Crippen LogP) is 1.76. The Hall–Kier alpha value is -0.870. The van der Waals surface area contributed by atoms with Crippen molar-refractivity contribution in [3.63, 3.8) is 0 Å². The normalized spacial score (nSPS) is 21.2. The fraction of sp³-hybridized carbons (Fsp3) is 0.636. The molecule has 1 atom stereocenters. The lowest BCUT2D eigenvalue weighted by Crippen LogP contribution is -2.45. The molecule has 88 valence electrons. The van der Waals surface area contributed by atoms with Crippen LogP contribution in [0.2, 0.25) is 5.15 Å². The third-order valence-corrected chi connectivity index (χ3v) is 3.44. The van der Waals surface area contributed by atoms with Gasteiger partial charge in [0, 0.05) is 30.9 Å². The average molecular weight is 241 g/mol. The molecule has 1 aromatic rings. The Kier molecular flexibility index (Phi) is 3.61. The van der Waals surface area contributed by atoms with Gasteiger partial charge in [-0.1, -0.05) is 11.6 Å². The highest BCUT2D eigenvalue weighted by Gasteiger charge is 2.23. The van der Waals surface area contributed by atoms with Gasteiger partial charge >= 0.3 is 0 Å².